The Bertz CT molecular complexity index is 482. The van der Waals surface area contributed by atoms with Gasteiger partial charge in [0.25, 0.3) is 0 Å². The van der Waals surface area contributed by atoms with Crippen molar-refractivity contribution >= 4 is 0 Å². The summed E-state index contributed by atoms with van der Waals surface area (Å²) < 4.78 is 5.05. The standard InChI is InChI=1S/C16H20N2O/c1-13(17-11-14-6-4-3-5-7-14)10-15-8-9-16(19-2)18-12-15/h3-9,12-13,17H,10-11H2,1-2H3/t13-/m1/s1. The maximum atomic E-state index is 5.05. The highest BCUT2D eigenvalue weighted by molar-refractivity contribution is 5.19. The lowest BCUT2D eigenvalue weighted by Crippen LogP contribution is -2.27. The largest absolute Gasteiger partial charge is 0.481 e. The monoisotopic (exact) mass is 256 g/mol. The van der Waals surface area contributed by atoms with Crippen LogP contribution in [0.4, 0.5) is 0 Å². The van der Waals surface area contributed by atoms with Crippen molar-refractivity contribution in [2.75, 3.05) is 7.11 Å². The van der Waals surface area contributed by atoms with Crippen LogP contribution in [0.25, 0.3) is 0 Å². The zero-order chi connectivity index (χ0) is 13.5. The summed E-state index contributed by atoms with van der Waals surface area (Å²) in [5.74, 6) is 0.661. The molecule has 1 aromatic heterocycles. The molecule has 1 heterocycles. The molecule has 3 heteroatoms. The molecular formula is C16H20N2O. The minimum Gasteiger partial charge on any atom is -0.481 e. The van der Waals surface area contributed by atoms with Crippen molar-refractivity contribution < 1.29 is 4.74 Å². The second-order valence-electron chi connectivity index (χ2n) is 4.68. The Hall–Kier alpha value is -1.87. The van der Waals surface area contributed by atoms with Crippen molar-refractivity contribution in [3.05, 3.63) is 59.8 Å². The van der Waals surface area contributed by atoms with Crippen LogP contribution in [0, 0.1) is 0 Å². The quantitative estimate of drug-likeness (QED) is 0.863. The van der Waals surface area contributed by atoms with Gasteiger partial charge >= 0.3 is 0 Å². The molecule has 0 bridgehead atoms. The molecular weight excluding hydrogens is 236 g/mol. The van der Waals surface area contributed by atoms with Crippen molar-refractivity contribution in [1.82, 2.24) is 10.3 Å². The summed E-state index contributed by atoms with van der Waals surface area (Å²) in [5.41, 5.74) is 2.52. The van der Waals surface area contributed by atoms with Gasteiger partial charge in [-0.25, -0.2) is 4.98 Å². The summed E-state index contributed by atoms with van der Waals surface area (Å²) in [6.07, 6.45) is 2.84. The normalized spacial score (nSPS) is 12.1. The fourth-order valence-corrected chi connectivity index (χ4v) is 1.97. The third-order valence-electron chi connectivity index (χ3n) is 3.05. The van der Waals surface area contributed by atoms with Crippen LogP contribution in [0.5, 0.6) is 5.88 Å². The van der Waals surface area contributed by atoms with Crippen LogP contribution in [0.2, 0.25) is 0 Å². The minimum absolute atomic E-state index is 0.412. The smallest absolute Gasteiger partial charge is 0.212 e. The molecule has 19 heavy (non-hydrogen) atoms. The average molecular weight is 256 g/mol. The molecule has 2 rings (SSSR count). The molecule has 1 atom stereocenters. The van der Waals surface area contributed by atoms with Crippen molar-refractivity contribution in [3.8, 4) is 5.88 Å². The Morgan fingerprint density at radius 3 is 2.53 bits per heavy atom. The Kier molecular flexibility index (Phi) is 4.93. The van der Waals surface area contributed by atoms with Crippen molar-refractivity contribution in [2.24, 2.45) is 0 Å². The number of methoxy groups -OCH3 is 1. The minimum atomic E-state index is 0.412. The third-order valence-corrected chi connectivity index (χ3v) is 3.05. The molecule has 0 fully saturated rings. The van der Waals surface area contributed by atoms with Crippen LogP contribution in [-0.2, 0) is 13.0 Å². The van der Waals surface area contributed by atoms with Crippen LogP contribution in [0.3, 0.4) is 0 Å². The van der Waals surface area contributed by atoms with Crippen LogP contribution in [0.1, 0.15) is 18.1 Å². The molecule has 0 aliphatic rings. The maximum Gasteiger partial charge on any atom is 0.212 e. The number of rotatable bonds is 6. The highest BCUT2D eigenvalue weighted by Crippen LogP contribution is 2.09. The first-order valence-corrected chi connectivity index (χ1v) is 6.54. The van der Waals surface area contributed by atoms with Gasteiger partial charge in [0.2, 0.25) is 5.88 Å². The number of benzene rings is 1. The fourth-order valence-electron chi connectivity index (χ4n) is 1.97. The van der Waals surface area contributed by atoms with Gasteiger partial charge in [-0.3, -0.25) is 0 Å². The summed E-state index contributed by atoms with van der Waals surface area (Å²) in [4.78, 5) is 4.22. The van der Waals surface area contributed by atoms with E-state index < -0.39 is 0 Å². The first kappa shape index (κ1) is 13.6. The average Bonchev–Trinajstić information content (AvgIpc) is 2.47. The number of pyridine rings is 1. The van der Waals surface area contributed by atoms with E-state index in [0.717, 1.165) is 13.0 Å². The lowest BCUT2D eigenvalue weighted by molar-refractivity contribution is 0.397. The zero-order valence-corrected chi connectivity index (χ0v) is 11.5. The van der Waals surface area contributed by atoms with Gasteiger partial charge in [-0.15, -0.1) is 0 Å². The molecule has 100 valence electrons. The SMILES string of the molecule is COc1ccc(C[C@@H](C)NCc2ccccc2)cn1. The molecule has 1 N–H and O–H groups in total. The van der Waals surface area contributed by atoms with E-state index in [9.17, 15) is 0 Å². The van der Waals surface area contributed by atoms with Crippen LogP contribution < -0.4 is 10.1 Å². The van der Waals surface area contributed by atoms with Gasteiger partial charge in [-0.2, -0.15) is 0 Å². The predicted octanol–water partition coefficient (Wildman–Crippen LogP) is 2.81. The third kappa shape index (κ3) is 4.38. The van der Waals surface area contributed by atoms with Gasteiger partial charge < -0.3 is 10.1 Å². The molecule has 0 saturated heterocycles. The van der Waals surface area contributed by atoms with Gasteiger partial charge in [0.1, 0.15) is 0 Å². The Morgan fingerprint density at radius 1 is 1.11 bits per heavy atom. The molecule has 0 spiro atoms. The van der Waals surface area contributed by atoms with E-state index in [1.54, 1.807) is 7.11 Å². The van der Waals surface area contributed by atoms with Crippen molar-refractivity contribution in [2.45, 2.75) is 25.9 Å². The molecule has 0 amide bonds. The highest BCUT2D eigenvalue weighted by Gasteiger charge is 2.04. The number of nitrogens with one attached hydrogen (secondary N) is 1. The second-order valence-corrected chi connectivity index (χ2v) is 4.68. The van der Waals surface area contributed by atoms with E-state index in [-0.39, 0.29) is 0 Å². The van der Waals surface area contributed by atoms with Crippen molar-refractivity contribution in [1.29, 1.82) is 0 Å². The molecule has 3 nitrogen and oxygen atoms in total. The summed E-state index contributed by atoms with van der Waals surface area (Å²) >= 11 is 0. The van der Waals surface area contributed by atoms with E-state index in [0.29, 0.717) is 11.9 Å². The summed E-state index contributed by atoms with van der Waals surface area (Å²) in [7, 11) is 1.63. The summed E-state index contributed by atoms with van der Waals surface area (Å²) in [6, 6.07) is 14.8. The highest BCUT2D eigenvalue weighted by atomic mass is 16.5. The Balaban J connectivity index is 1.82. The summed E-state index contributed by atoms with van der Waals surface area (Å²) in [6.45, 7) is 3.08. The topological polar surface area (TPSA) is 34.1 Å². The van der Waals surface area contributed by atoms with Crippen LogP contribution in [-0.4, -0.2) is 18.1 Å². The number of nitrogens with zero attached hydrogens (tertiary/aromatic N) is 1. The first-order valence-electron chi connectivity index (χ1n) is 6.54. The van der Waals surface area contributed by atoms with E-state index >= 15 is 0 Å². The van der Waals surface area contributed by atoms with Crippen molar-refractivity contribution in [3.63, 3.8) is 0 Å². The summed E-state index contributed by atoms with van der Waals surface area (Å²) in [5, 5.41) is 3.52. The lowest BCUT2D eigenvalue weighted by Gasteiger charge is -2.14. The first-order chi connectivity index (χ1) is 9.28. The van der Waals surface area contributed by atoms with Gasteiger partial charge in [-0.05, 0) is 24.5 Å². The molecule has 1 aromatic carbocycles. The van der Waals surface area contributed by atoms with E-state index in [1.165, 1.54) is 11.1 Å². The van der Waals surface area contributed by atoms with Gasteiger partial charge in [0.05, 0.1) is 7.11 Å². The molecule has 0 aliphatic carbocycles. The second kappa shape index (κ2) is 6.90. The molecule has 0 unspecified atom stereocenters. The van der Waals surface area contributed by atoms with Gasteiger partial charge in [-0.1, -0.05) is 36.4 Å². The van der Waals surface area contributed by atoms with Gasteiger partial charge in [0.15, 0.2) is 0 Å². The van der Waals surface area contributed by atoms with E-state index in [2.05, 4.69) is 47.6 Å². The molecule has 0 saturated carbocycles. The van der Waals surface area contributed by atoms with Crippen LogP contribution in [0.15, 0.2) is 48.7 Å². The Morgan fingerprint density at radius 2 is 1.89 bits per heavy atom. The molecule has 0 aliphatic heterocycles. The fraction of sp³-hybridized carbons (Fsp3) is 0.312. The molecule has 0 radical (unpaired) electrons. The van der Waals surface area contributed by atoms with E-state index in [1.807, 2.05) is 18.3 Å². The van der Waals surface area contributed by atoms with Gasteiger partial charge in [0, 0.05) is 24.8 Å². The number of ether oxygens (including phenoxy) is 1. The molecule has 2 aromatic rings. The lowest BCUT2D eigenvalue weighted by atomic mass is 10.1. The maximum absolute atomic E-state index is 5.05. The Labute approximate surface area is 114 Å². The zero-order valence-electron chi connectivity index (χ0n) is 11.5. The van der Waals surface area contributed by atoms with E-state index in [4.69, 9.17) is 4.74 Å². The number of hydrogen-bond donors (Lipinski definition) is 1. The number of hydrogen-bond acceptors (Lipinski definition) is 3. The van der Waals surface area contributed by atoms with Crippen LogP contribution >= 0.6 is 0 Å². The predicted molar refractivity (Wildman–Crippen MR) is 77.2 cm³/mol. The number of aromatic nitrogens is 1.